The number of nitrogens with zero attached hydrogens (tertiary/aromatic N) is 3. The number of halogens is 1. The van der Waals surface area contributed by atoms with E-state index in [1.807, 2.05) is 25.2 Å². The van der Waals surface area contributed by atoms with Gasteiger partial charge in [-0.05, 0) is 32.3 Å². The number of hydrogen-bond donors (Lipinski definition) is 0. The summed E-state index contributed by atoms with van der Waals surface area (Å²) < 4.78 is 0.943. The van der Waals surface area contributed by atoms with E-state index in [0.717, 1.165) is 23.2 Å². The smallest absolute Gasteiger partial charge is 0.0992 e. The Morgan fingerprint density at radius 2 is 1.88 bits per heavy atom. The molecule has 1 aromatic carbocycles. The molecule has 4 heteroatoms. The third-order valence-corrected chi connectivity index (χ3v) is 2.79. The second kappa shape index (κ2) is 5.88. The van der Waals surface area contributed by atoms with Crippen LogP contribution in [0.3, 0.4) is 0 Å². The average Bonchev–Trinajstić information content (AvgIpc) is 2.24. The molecule has 0 aliphatic heterocycles. The topological polar surface area (TPSA) is 30.3 Å². The lowest BCUT2D eigenvalue weighted by Crippen LogP contribution is -2.28. The molecule has 86 valence electrons. The molecule has 0 atom stereocenters. The van der Waals surface area contributed by atoms with Crippen LogP contribution in [0.25, 0.3) is 0 Å². The summed E-state index contributed by atoms with van der Waals surface area (Å²) in [5.41, 5.74) is 1.74. The fourth-order valence-electron chi connectivity index (χ4n) is 1.34. The van der Waals surface area contributed by atoms with Crippen molar-refractivity contribution in [2.24, 2.45) is 0 Å². The molecule has 1 aromatic rings. The van der Waals surface area contributed by atoms with Crippen molar-refractivity contribution in [1.82, 2.24) is 4.90 Å². The van der Waals surface area contributed by atoms with E-state index in [4.69, 9.17) is 5.26 Å². The van der Waals surface area contributed by atoms with Crippen LogP contribution in [0, 0.1) is 11.3 Å². The Morgan fingerprint density at radius 3 is 2.44 bits per heavy atom. The van der Waals surface area contributed by atoms with Crippen molar-refractivity contribution in [2.45, 2.75) is 0 Å². The Hall–Kier alpha value is -1.05. The molecule has 0 unspecified atom stereocenters. The van der Waals surface area contributed by atoms with Gasteiger partial charge >= 0.3 is 0 Å². The summed E-state index contributed by atoms with van der Waals surface area (Å²) in [7, 11) is 6.14. The van der Waals surface area contributed by atoms with Crippen molar-refractivity contribution >= 4 is 21.6 Å². The molecule has 0 aliphatic carbocycles. The highest BCUT2D eigenvalue weighted by atomic mass is 79.9. The zero-order valence-corrected chi connectivity index (χ0v) is 11.5. The summed E-state index contributed by atoms with van der Waals surface area (Å²) in [4.78, 5) is 4.28. The number of likely N-dealkylation sites (N-methyl/N-ethyl adjacent to an activating group) is 2. The Kier molecular flexibility index (Phi) is 4.78. The van der Waals surface area contributed by atoms with Crippen molar-refractivity contribution < 1.29 is 0 Å². The predicted octanol–water partition coefficient (Wildman–Crippen LogP) is 2.32. The van der Waals surface area contributed by atoms with Gasteiger partial charge in [-0.3, -0.25) is 0 Å². The summed E-state index contributed by atoms with van der Waals surface area (Å²) in [5.74, 6) is 0. The number of hydrogen-bond acceptors (Lipinski definition) is 3. The summed E-state index contributed by atoms with van der Waals surface area (Å²) >= 11 is 3.41. The number of nitriles is 1. The van der Waals surface area contributed by atoms with Crippen LogP contribution in [0.4, 0.5) is 5.69 Å². The van der Waals surface area contributed by atoms with Gasteiger partial charge in [0, 0.05) is 30.3 Å². The zero-order chi connectivity index (χ0) is 12.1. The van der Waals surface area contributed by atoms with E-state index in [0.29, 0.717) is 5.56 Å². The lowest BCUT2D eigenvalue weighted by Gasteiger charge is -2.22. The fraction of sp³-hybridized carbons (Fsp3) is 0.417. The van der Waals surface area contributed by atoms with Crippen LogP contribution in [0.5, 0.6) is 0 Å². The Bertz CT molecular complexity index is 396. The van der Waals surface area contributed by atoms with Gasteiger partial charge in [0.25, 0.3) is 0 Å². The van der Waals surface area contributed by atoms with Crippen LogP contribution in [0.1, 0.15) is 5.56 Å². The van der Waals surface area contributed by atoms with Gasteiger partial charge in [-0.25, -0.2) is 0 Å². The van der Waals surface area contributed by atoms with E-state index in [2.05, 4.69) is 45.9 Å². The van der Waals surface area contributed by atoms with Crippen LogP contribution >= 0.6 is 15.9 Å². The van der Waals surface area contributed by atoms with Gasteiger partial charge in [0.1, 0.15) is 0 Å². The minimum Gasteiger partial charge on any atom is -0.373 e. The minimum atomic E-state index is 0.682. The molecule has 0 aromatic heterocycles. The maximum absolute atomic E-state index is 8.89. The molecule has 0 fully saturated rings. The third kappa shape index (κ3) is 3.84. The first-order chi connectivity index (χ1) is 7.52. The van der Waals surface area contributed by atoms with Crippen LogP contribution in [0.15, 0.2) is 22.7 Å². The predicted molar refractivity (Wildman–Crippen MR) is 70.7 cm³/mol. The number of anilines is 1. The Labute approximate surface area is 105 Å². The summed E-state index contributed by atoms with van der Waals surface area (Å²) in [6, 6.07) is 7.91. The average molecular weight is 282 g/mol. The Balaban J connectivity index is 2.79. The quantitative estimate of drug-likeness (QED) is 0.849. The maximum atomic E-state index is 8.89. The van der Waals surface area contributed by atoms with Gasteiger partial charge in [0.2, 0.25) is 0 Å². The van der Waals surface area contributed by atoms with Crippen molar-refractivity contribution in [3.8, 4) is 6.07 Å². The molecular weight excluding hydrogens is 266 g/mol. The van der Waals surface area contributed by atoms with Crippen LogP contribution < -0.4 is 4.90 Å². The lowest BCUT2D eigenvalue weighted by atomic mass is 10.2. The van der Waals surface area contributed by atoms with E-state index in [1.165, 1.54) is 0 Å². The van der Waals surface area contributed by atoms with Crippen LogP contribution in [-0.4, -0.2) is 39.1 Å². The highest BCUT2D eigenvalue weighted by molar-refractivity contribution is 9.10. The lowest BCUT2D eigenvalue weighted by molar-refractivity contribution is 0.416. The molecule has 16 heavy (non-hydrogen) atoms. The first-order valence-corrected chi connectivity index (χ1v) is 5.89. The number of benzene rings is 1. The van der Waals surface area contributed by atoms with E-state index < -0.39 is 0 Å². The molecular formula is C12H16BrN3. The molecule has 1 rings (SSSR count). The molecule has 3 nitrogen and oxygen atoms in total. The van der Waals surface area contributed by atoms with E-state index in [9.17, 15) is 0 Å². The first kappa shape index (κ1) is 13.0. The maximum Gasteiger partial charge on any atom is 0.0992 e. The molecule has 0 heterocycles. The molecule has 0 bridgehead atoms. The van der Waals surface area contributed by atoms with Crippen molar-refractivity contribution in [1.29, 1.82) is 5.26 Å². The minimum absolute atomic E-state index is 0.682. The zero-order valence-electron chi connectivity index (χ0n) is 9.87. The van der Waals surface area contributed by atoms with Crippen molar-refractivity contribution in [2.75, 3.05) is 39.1 Å². The van der Waals surface area contributed by atoms with Gasteiger partial charge in [-0.1, -0.05) is 15.9 Å². The third-order valence-electron chi connectivity index (χ3n) is 2.34. The summed E-state index contributed by atoms with van der Waals surface area (Å²) in [6.45, 7) is 1.93. The summed E-state index contributed by atoms with van der Waals surface area (Å²) in [5, 5.41) is 8.89. The molecule has 0 saturated carbocycles. The standard InChI is InChI=1S/C12H16BrN3/c1-15(2)4-5-16(3)12-7-10(9-14)6-11(13)8-12/h6-8H,4-5H2,1-3H3. The monoisotopic (exact) mass is 281 g/mol. The van der Waals surface area contributed by atoms with E-state index >= 15 is 0 Å². The van der Waals surface area contributed by atoms with Crippen LogP contribution in [-0.2, 0) is 0 Å². The van der Waals surface area contributed by atoms with Crippen LogP contribution in [0.2, 0.25) is 0 Å². The van der Waals surface area contributed by atoms with Crippen molar-refractivity contribution in [3.63, 3.8) is 0 Å². The molecule has 0 amide bonds. The van der Waals surface area contributed by atoms with Gasteiger partial charge in [0.15, 0.2) is 0 Å². The molecule has 0 radical (unpaired) electrons. The highest BCUT2D eigenvalue weighted by Crippen LogP contribution is 2.21. The normalized spacial score (nSPS) is 10.2. The summed E-state index contributed by atoms with van der Waals surface area (Å²) in [6.07, 6.45) is 0. The largest absolute Gasteiger partial charge is 0.373 e. The van der Waals surface area contributed by atoms with Gasteiger partial charge in [-0.2, -0.15) is 5.26 Å². The van der Waals surface area contributed by atoms with Gasteiger partial charge in [0.05, 0.1) is 11.6 Å². The first-order valence-electron chi connectivity index (χ1n) is 5.09. The Morgan fingerprint density at radius 1 is 1.19 bits per heavy atom. The van der Waals surface area contributed by atoms with Gasteiger partial charge < -0.3 is 9.80 Å². The molecule has 0 spiro atoms. The van der Waals surface area contributed by atoms with Crippen molar-refractivity contribution in [3.05, 3.63) is 28.2 Å². The molecule has 0 N–H and O–H groups in total. The SMILES string of the molecule is CN(C)CCN(C)c1cc(Br)cc(C#N)c1. The van der Waals surface area contributed by atoms with Gasteiger partial charge in [-0.15, -0.1) is 0 Å². The molecule has 0 aliphatic rings. The van der Waals surface area contributed by atoms with E-state index in [1.54, 1.807) is 0 Å². The highest BCUT2D eigenvalue weighted by Gasteiger charge is 2.04. The second-order valence-electron chi connectivity index (χ2n) is 4.03. The second-order valence-corrected chi connectivity index (χ2v) is 4.95. The molecule has 0 saturated heterocycles. The fourth-order valence-corrected chi connectivity index (χ4v) is 1.82. The van der Waals surface area contributed by atoms with E-state index in [-0.39, 0.29) is 0 Å². The number of rotatable bonds is 4.